The smallest absolute Gasteiger partial charge is 0.309 e. The van der Waals surface area contributed by atoms with Gasteiger partial charge in [0.25, 0.3) is 8.32 Å². The van der Waals surface area contributed by atoms with Crippen molar-refractivity contribution in [2.75, 3.05) is 19.8 Å². The fraction of sp³-hybridized carbons (Fsp3) is 0.400. The Morgan fingerprint density at radius 3 is 1.97 bits per heavy atom. The lowest BCUT2D eigenvalue weighted by atomic mass is 10.1. The van der Waals surface area contributed by atoms with Crippen LogP contribution in [0.3, 0.4) is 0 Å². The maximum Gasteiger partial charge on any atom is 0.309 e. The zero-order chi connectivity index (χ0) is 22.0. The summed E-state index contributed by atoms with van der Waals surface area (Å²) in [5, 5.41) is 11.7. The molecule has 0 saturated carbocycles. The first kappa shape index (κ1) is 24.1. The minimum Gasteiger partial charge on any atom is -0.466 e. The number of rotatable bonds is 10. The molecule has 4 nitrogen and oxygen atoms in total. The highest BCUT2D eigenvalue weighted by atomic mass is 28.4. The van der Waals surface area contributed by atoms with Gasteiger partial charge in [-0.2, -0.15) is 0 Å². The molecule has 0 aromatic heterocycles. The van der Waals surface area contributed by atoms with Crippen molar-refractivity contribution in [3.8, 4) is 0 Å². The zero-order valence-electron chi connectivity index (χ0n) is 18.6. The van der Waals surface area contributed by atoms with Crippen LogP contribution >= 0.6 is 0 Å². The fourth-order valence-electron chi connectivity index (χ4n) is 3.85. The predicted octanol–water partition coefficient (Wildman–Crippen LogP) is 3.83. The van der Waals surface area contributed by atoms with Gasteiger partial charge in [0.1, 0.15) is 0 Å². The highest BCUT2D eigenvalue weighted by molar-refractivity contribution is 6.99. The van der Waals surface area contributed by atoms with E-state index >= 15 is 0 Å². The second-order valence-corrected chi connectivity index (χ2v) is 12.6. The number of aliphatic hydroxyl groups is 1. The highest BCUT2D eigenvalue weighted by Crippen LogP contribution is 2.36. The summed E-state index contributed by atoms with van der Waals surface area (Å²) in [5.41, 5.74) is 0.842. The highest BCUT2D eigenvalue weighted by Gasteiger charge is 2.49. The molecule has 2 rings (SSSR count). The van der Waals surface area contributed by atoms with Gasteiger partial charge in [0.05, 0.1) is 19.6 Å². The van der Waals surface area contributed by atoms with Gasteiger partial charge in [0, 0.05) is 6.61 Å². The molecule has 0 radical (unpaired) electrons. The van der Waals surface area contributed by atoms with Crippen molar-refractivity contribution >= 4 is 24.7 Å². The van der Waals surface area contributed by atoms with Gasteiger partial charge in [0.2, 0.25) is 0 Å². The molecule has 0 aliphatic carbocycles. The Kier molecular flexibility index (Phi) is 9.02. The van der Waals surface area contributed by atoms with Gasteiger partial charge in [-0.15, -0.1) is 0 Å². The minimum atomic E-state index is -2.62. The van der Waals surface area contributed by atoms with Crippen molar-refractivity contribution in [2.24, 2.45) is 0 Å². The van der Waals surface area contributed by atoms with E-state index in [1.165, 1.54) is 10.4 Å². The Morgan fingerprint density at radius 2 is 1.53 bits per heavy atom. The first-order valence-electron chi connectivity index (χ1n) is 10.5. The molecule has 0 aliphatic rings. The van der Waals surface area contributed by atoms with E-state index < -0.39 is 8.32 Å². The van der Waals surface area contributed by atoms with Gasteiger partial charge in [-0.3, -0.25) is 4.79 Å². The monoisotopic (exact) mass is 426 g/mol. The molecule has 0 fully saturated rings. The van der Waals surface area contributed by atoms with E-state index in [-0.39, 0.29) is 24.0 Å². The van der Waals surface area contributed by atoms with Gasteiger partial charge in [0.15, 0.2) is 0 Å². The molecule has 0 unspecified atom stereocenters. The molecule has 30 heavy (non-hydrogen) atoms. The number of aliphatic hydroxyl groups excluding tert-OH is 1. The molecule has 0 bridgehead atoms. The SMILES string of the molecule is CCOC(=O)C/C(=C\CO[Si](c1ccccc1)(c1ccccc1)C(C)(C)C)CCO. The van der Waals surface area contributed by atoms with Crippen molar-refractivity contribution in [3.05, 3.63) is 72.3 Å². The summed E-state index contributed by atoms with van der Waals surface area (Å²) >= 11 is 0. The van der Waals surface area contributed by atoms with Crippen LogP contribution in [-0.4, -0.2) is 39.2 Å². The molecule has 0 aliphatic heterocycles. The summed E-state index contributed by atoms with van der Waals surface area (Å²) in [6, 6.07) is 20.9. The molecular formula is C25H34O4Si. The average molecular weight is 427 g/mol. The molecule has 0 heterocycles. The normalized spacial score (nSPS) is 12.6. The maximum absolute atomic E-state index is 11.9. The minimum absolute atomic E-state index is 0.00947. The number of ether oxygens (including phenoxy) is 1. The Balaban J connectivity index is 2.42. The summed E-state index contributed by atoms with van der Waals surface area (Å²) in [6.07, 6.45) is 2.55. The number of esters is 1. The quantitative estimate of drug-likeness (QED) is 0.356. The van der Waals surface area contributed by atoms with E-state index in [0.717, 1.165) is 5.57 Å². The first-order valence-corrected chi connectivity index (χ1v) is 12.5. The standard InChI is InChI=1S/C25H34O4Si/c1-5-28-24(27)20-21(16-18-26)17-19-29-30(25(2,3)4,22-12-8-6-9-13-22)23-14-10-7-11-15-23/h6-15,17,26H,5,16,18-20H2,1-4H3/b21-17-. The summed E-state index contributed by atoms with van der Waals surface area (Å²) in [6.45, 7) is 9.21. The van der Waals surface area contributed by atoms with E-state index in [0.29, 0.717) is 19.6 Å². The third-order valence-corrected chi connectivity index (χ3v) is 10.2. The van der Waals surface area contributed by atoms with Crippen LogP contribution in [-0.2, 0) is 14.0 Å². The molecule has 0 spiro atoms. The lowest BCUT2D eigenvalue weighted by molar-refractivity contribution is -0.142. The first-order chi connectivity index (χ1) is 14.3. The maximum atomic E-state index is 11.9. The van der Waals surface area contributed by atoms with E-state index in [1.807, 2.05) is 18.2 Å². The lowest BCUT2D eigenvalue weighted by Gasteiger charge is -2.42. The van der Waals surface area contributed by atoms with Gasteiger partial charge >= 0.3 is 5.97 Å². The van der Waals surface area contributed by atoms with Gasteiger partial charge in [-0.05, 0) is 28.8 Å². The molecule has 162 valence electrons. The van der Waals surface area contributed by atoms with Crippen molar-refractivity contribution in [2.45, 2.75) is 45.6 Å². The summed E-state index contributed by atoms with van der Waals surface area (Å²) in [7, 11) is -2.62. The Morgan fingerprint density at radius 1 is 1.00 bits per heavy atom. The fourth-order valence-corrected chi connectivity index (χ4v) is 8.34. The lowest BCUT2D eigenvalue weighted by Crippen LogP contribution is -2.66. The van der Waals surface area contributed by atoms with Crippen LogP contribution < -0.4 is 10.4 Å². The predicted molar refractivity (Wildman–Crippen MR) is 125 cm³/mol. The second kappa shape index (κ2) is 11.3. The van der Waals surface area contributed by atoms with Crippen LogP contribution in [0.5, 0.6) is 0 Å². The van der Waals surface area contributed by atoms with Crippen LogP contribution in [0.4, 0.5) is 0 Å². The van der Waals surface area contributed by atoms with Crippen LogP contribution in [0.2, 0.25) is 5.04 Å². The summed E-state index contributed by atoms with van der Waals surface area (Å²) in [5.74, 6) is -0.275. The molecule has 2 aromatic rings. The molecule has 1 N–H and O–H groups in total. The molecule has 0 saturated heterocycles. The number of hydrogen-bond donors (Lipinski definition) is 1. The third-order valence-electron chi connectivity index (χ3n) is 5.20. The van der Waals surface area contributed by atoms with E-state index in [4.69, 9.17) is 9.16 Å². The Labute approximate surface area is 181 Å². The van der Waals surface area contributed by atoms with Gasteiger partial charge in [-0.1, -0.05) is 93.1 Å². The third kappa shape index (κ3) is 5.91. The van der Waals surface area contributed by atoms with Crippen molar-refractivity contribution < 1.29 is 19.1 Å². The van der Waals surface area contributed by atoms with Gasteiger partial charge < -0.3 is 14.3 Å². The number of benzene rings is 2. The van der Waals surface area contributed by atoms with E-state index in [2.05, 4.69) is 69.3 Å². The second-order valence-electron chi connectivity index (χ2n) is 8.29. The number of carbonyl (C=O) groups excluding carboxylic acids is 1. The van der Waals surface area contributed by atoms with Crippen molar-refractivity contribution in [3.63, 3.8) is 0 Å². The van der Waals surface area contributed by atoms with Crippen molar-refractivity contribution in [1.29, 1.82) is 0 Å². The topological polar surface area (TPSA) is 55.8 Å². The number of carbonyl (C=O) groups is 1. The number of hydrogen-bond acceptors (Lipinski definition) is 4. The summed E-state index contributed by atoms with van der Waals surface area (Å²) in [4.78, 5) is 11.9. The van der Waals surface area contributed by atoms with Crippen molar-refractivity contribution in [1.82, 2.24) is 0 Å². The van der Waals surface area contributed by atoms with Crippen LogP contribution in [0.1, 0.15) is 40.5 Å². The molecule has 0 atom stereocenters. The zero-order valence-corrected chi connectivity index (χ0v) is 19.6. The Hall–Kier alpha value is -2.21. The largest absolute Gasteiger partial charge is 0.466 e. The van der Waals surface area contributed by atoms with Crippen LogP contribution in [0.25, 0.3) is 0 Å². The molecule has 2 aromatic carbocycles. The van der Waals surface area contributed by atoms with Gasteiger partial charge in [-0.25, -0.2) is 0 Å². The molecule has 0 amide bonds. The average Bonchev–Trinajstić information content (AvgIpc) is 2.72. The van der Waals surface area contributed by atoms with E-state index in [9.17, 15) is 9.90 Å². The Bertz CT molecular complexity index is 771. The summed E-state index contributed by atoms with van der Waals surface area (Å²) < 4.78 is 11.9. The van der Waals surface area contributed by atoms with Crippen LogP contribution in [0.15, 0.2) is 72.3 Å². The molecular weight excluding hydrogens is 392 g/mol. The molecule has 5 heteroatoms. The van der Waals surface area contributed by atoms with E-state index in [1.54, 1.807) is 6.92 Å². The van der Waals surface area contributed by atoms with Crippen LogP contribution in [0, 0.1) is 0 Å².